The molecule has 10 heteroatoms. The molecule has 1 aliphatic rings. The van der Waals surface area contributed by atoms with Crippen molar-refractivity contribution in [2.24, 2.45) is 0 Å². The average molecular weight is 461 g/mol. The second kappa shape index (κ2) is 9.19. The molecule has 34 heavy (non-hydrogen) atoms. The highest BCUT2D eigenvalue weighted by Crippen LogP contribution is 2.32. The van der Waals surface area contributed by atoms with Crippen molar-refractivity contribution in [3.63, 3.8) is 0 Å². The molecule has 4 aromatic rings. The van der Waals surface area contributed by atoms with Crippen LogP contribution in [-0.4, -0.2) is 42.5 Å². The van der Waals surface area contributed by atoms with E-state index < -0.39 is 11.9 Å². The van der Waals surface area contributed by atoms with Gasteiger partial charge in [-0.3, -0.25) is 9.38 Å². The fourth-order valence-corrected chi connectivity index (χ4v) is 4.46. The Labute approximate surface area is 196 Å². The first-order chi connectivity index (χ1) is 16.6. The van der Waals surface area contributed by atoms with Crippen LogP contribution in [0.4, 0.5) is 4.39 Å². The van der Waals surface area contributed by atoms with Gasteiger partial charge in [0.1, 0.15) is 35.0 Å². The number of nitrogens with zero attached hydrogens (tertiary/aromatic N) is 7. The predicted molar refractivity (Wildman–Crippen MR) is 123 cm³/mol. The van der Waals surface area contributed by atoms with Crippen LogP contribution in [0.25, 0.3) is 16.9 Å². The van der Waals surface area contributed by atoms with Crippen LogP contribution in [-0.2, 0) is 0 Å². The first-order valence-corrected chi connectivity index (χ1v) is 11.4. The fraction of sp³-hybridized carbons (Fsp3) is 0.375. The lowest BCUT2D eigenvalue weighted by atomic mass is 10.1. The molecule has 1 unspecified atom stereocenters. The molecule has 1 fully saturated rings. The van der Waals surface area contributed by atoms with Gasteiger partial charge in [0, 0.05) is 11.6 Å². The van der Waals surface area contributed by atoms with Gasteiger partial charge in [0.05, 0.1) is 29.8 Å². The van der Waals surface area contributed by atoms with Crippen molar-refractivity contribution < 1.29 is 9.13 Å². The zero-order valence-electron chi connectivity index (χ0n) is 19.1. The molecule has 1 saturated heterocycles. The van der Waals surface area contributed by atoms with Gasteiger partial charge < -0.3 is 10.1 Å². The number of hydrogen-bond donors (Lipinski definition) is 1. The summed E-state index contributed by atoms with van der Waals surface area (Å²) in [5.41, 5.74) is 4.06. The highest BCUT2D eigenvalue weighted by atomic mass is 19.1. The summed E-state index contributed by atoms with van der Waals surface area (Å²) in [6, 6.07) is 9.18. The summed E-state index contributed by atoms with van der Waals surface area (Å²) in [7, 11) is 0. The third-order valence-corrected chi connectivity index (χ3v) is 6.26. The molecule has 0 saturated carbocycles. The number of imidazole rings is 1. The van der Waals surface area contributed by atoms with E-state index in [-0.39, 0.29) is 0 Å². The number of fused-ring (bicyclic) bond motifs is 1. The van der Waals surface area contributed by atoms with Gasteiger partial charge in [-0.15, -0.1) is 5.10 Å². The molecule has 0 aliphatic carbocycles. The van der Waals surface area contributed by atoms with E-state index in [0.29, 0.717) is 35.4 Å². The molecule has 1 aliphatic heterocycles. The highest BCUT2D eigenvalue weighted by Gasteiger charge is 2.23. The second-order valence-electron chi connectivity index (χ2n) is 8.40. The van der Waals surface area contributed by atoms with E-state index in [1.54, 1.807) is 10.5 Å². The Morgan fingerprint density at radius 1 is 1.24 bits per heavy atom. The van der Waals surface area contributed by atoms with E-state index in [2.05, 4.69) is 31.7 Å². The van der Waals surface area contributed by atoms with Crippen LogP contribution in [0.3, 0.4) is 0 Å². The number of ether oxygens (including phenoxy) is 1. The summed E-state index contributed by atoms with van der Waals surface area (Å²) in [6.45, 7) is 5.91. The maximum Gasteiger partial charge on any atom is 0.201 e. The van der Waals surface area contributed by atoms with Gasteiger partial charge in [-0.05, 0) is 57.5 Å². The van der Waals surface area contributed by atoms with Gasteiger partial charge in [0.25, 0.3) is 0 Å². The van der Waals surface area contributed by atoms with Crippen molar-refractivity contribution >= 4 is 5.65 Å². The van der Waals surface area contributed by atoms with Crippen molar-refractivity contribution in [3.05, 3.63) is 59.6 Å². The second-order valence-corrected chi connectivity index (χ2v) is 8.40. The summed E-state index contributed by atoms with van der Waals surface area (Å²) in [5.74, 6) is 0.0343. The molecule has 1 atom stereocenters. The van der Waals surface area contributed by atoms with Gasteiger partial charge in [-0.25, -0.2) is 14.1 Å². The van der Waals surface area contributed by atoms with Crippen LogP contribution >= 0.6 is 0 Å². The number of hydrogen-bond acceptors (Lipinski definition) is 7. The Balaban J connectivity index is 1.57. The summed E-state index contributed by atoms with van der Waals surface area (Å²) in [6.07, 6.45) is 4.87. The quantitative estimate of drug-likeness (QED) is 0.467. The van der Waals surface area contributed by atoms with Crippen LogP contribution < -0.4 is 10.1 Å². The minimum absolute atomic E-state index is 0.313. The van der Waals surface area contributed by atoms with Gasteiger partial charge >= 0.3 is 0 Å². The van der Waals surface area contributed by atoms with Crippen molar-refractivity contribution in [2.75, 3.05) is 13.1 Å². The standard InChI is InChI=1S/C24H25FN8O/c1-3-21(20-5-4-17(25)13-28-20)34-23-11-16(10-22-29-14-19(12-26)32(22)23)24-15(2)33(31-30-24)18-6-8-27-9-7-18/h4-5,10-11,13-14,18,21,27H,3,6-9H2,1-2H3. The summed E-state index contributed by atoms with van der Waals surface area (Å²) < 4.78 is 23.4. The minimum atomic E-state index is -0.431. The maximum absolute atomic E-state index is 13.4. The Hall–Kier alpha value is -3.84. The zero-order chi connectivity index (χ0) is 23.7. The van der Waals surface area contributed by atoms with E-state index in [1.807, 2.05) is 30.7 Å². The molecular weight excluding hydrogens is 435 g/mol. The SMILES string of the molecule is CCC(Oc1cc(-c2nnn(C3CCNCC3)c2C)cc2ncc(C#N)n12)c1ccc(F)cn1. The summed E-state index contributed by atoms with van der Waals surface area (Å²) in [5, 5.41) is 21.9. The lowest BCUT2D eigenvalue weighted by molar-refractivity contribution is 0.185. The van der Waals surface area contributed by atoms with Crippen molar-refractivity contribution in [1.82, 2.24) is 34.7 Å². The topological polar surface area (TPSA) is 106 Å². The molecule has 174 valence electrons. The molecule has 0 radical (unpaired) electrons. The van der Waals surface area contributed by atoms with Crippen LogP contribution in [0.5, 0.6) is 5.88 Å². The summed E-state index contributed by atoms with van der Waals surface area (Å²) >= 11 is 0. The molecule has 0 bridgehead atoms. The molecule has 1 N–H and O–H groups in total. The number of nitriles is 1. The van der Waals surface area contributed by atoms with E-state index >= 15 is 0 Å². The number of rotatable bonds is 6. The predicted octanol–water partition coefficient (Wildman–Crippen LogP) is 3.76. The van der Waals surface area contributed by atoms with Crippen molar-refractivity contribution in [3.8, 4) is 23.2 Å². The monoisotopic (exact) mass is 460 g/mol. The number of pyridine rings is 2. The minimum Gasteiger partial charge on any atom is -0.469 e. The fourth-order valence-electron chi connectivity index (χ4n) is 4.46. The Kier molecular flexibility index (Phi) is 5.94. The van der Waals surface area contributed by atoms with Crippen LogP contribution in [0, 0.1) is 24.1 Å². The van der Waals surface area contributed by atoms with E-state index in [9.17, 15) is 9.65 Å². The summed E-state index contributed by atoms with van der Waals surface area (Å²) in [4.78, 5) is 8.60. The Bertz CT molecular complexity index is 1350. The van der Waals surface area contributed by atoms with Gasteiger partial charge in [0.2, 0.25) is 5.88 Å². The third kappa shape index (κ3) is 3.99. The molecule has 5 rings (SSSR count). The maximum atomic E-state index is 13.4. The number of aromatic nitrogens is 6. The Morgan fingerprint density at radius 2 is 2.06 bits per heavy atom. The lowest BCUT2D eigenvalue weighted by Gasteiger charge is -2.23. The van der Waals surface area contributed by atoms with Gasteiger partial charge in [0.15, 0.2) is 0 Å². The first-order valence-electron chi connectivity index (χ1n) is 11.4. The molecule has 0 spiro atoms. The van der Waals surface area contributed by atoms with E-state index in [1.165, 1.54) is 18.5 Å². The molecule has 5 heterocycles. The van der Waals surface area contributed by atoms with E-state index in [0.717, 1.165) is 42.9 Å². The van der Waals surface area contributed by atoms with Crippen LogP contribution in [0.1, 0.15) is 55.4 Å². The molecule has 0 amide bonds. The largest absolute Gasteiger partial charge is 0.469 e. The highest BCUT2D eigenvalue weighted by molar-refractivity contribution is 5.68. The molecular formula is C24H25FN8O. The van der Waals surface area contributed by atoms with Crippen LogP contribution in [0.2, 0.25) is 0 Å². The van der Waals surface area contributed by atoms with Crippen LogP contribution in [0.15, 0.2) is 36.7 Å². The Morgan fingerprint density at radius 3 is 2.76 bits per heavy atom. The van der Waals surface area contributed by atoms with Crippen molar-refractivity contribution in [2.45, 2.75) is 45.3 Å². The number of piperidine rings is 1. The van der Waals surface area contributed by atoms with Gasteiger partial charge in [-0.1, -0.05) is 12.1 Å². The number of halogens is 1. The average Bonchev–Trinajstić information content (AvgIpc) is 3.46. The van der Waals surface area contributed by atoms with E-state index in [4.69, 9.17) is 4.74 Å². The third-order valence-electron chi connectivity index (χ3n) is 6.26. The normalized spacial score (nSPS) is 15.4. The molecule has 9 nitrogen and oxygen atoms in total. The number of nitrogens with one attached hydrogen (secondary N) is 1. The van der Waals surface area contributed by atoms with Crippen molar-refractivity contribution in [1.29, 1.82) is 5.26 Å². The van der Waals surface area contributed by atoms with Gasteiger partial charge in [-0.2, -0.15) is 5.26 Å². The first kappa shape index (κ1) is 22.0. The lowest BCUT2D eigenvalue weighted by Crippen LogP contribution is -2.30. The zero-order valence-corrected chi connectivity index (χ0v) is 19.1. The smallest absolute Gasteiger partial charge is 0.201 e. The molecule has 4 aromatic heterocycles. The molecule has 0 aromatic carbocycles.